The maximum absolute atomic E-state index is 12.5. The molecule has 7 nitrogen and oxygen atoms in total. The third kappa shape index (κ3) is 5.41. The smallest absolute Gasteiger partial charge is 0.406 e. The zero-order valence-electron chi connectivity index (χ0n) is 22.7. The standard InChI is InChI=1S/C30H27F3N6OS/c1-19-6-4-7-20(2)28(19)38-16-5-17-41-29(38)36-37(3)26-15-12-23-24(35-26)13-14-25-27(23)34-18-39(25)21-8-10-22(11-9-21)40-30(31,32)33/h4,6-15,18H,5,16-17H2,1-3H3/b36-29+. The molecule has 1 aliphatic rings. The first kappa shape index (κ1) is 26.9. The number of imidazole rings is 1. The molecular weight excluding hydrogens is 549 g/mol. The zero-order chi connectivity index (χ0) is 28.7. The maximum atomic E-state index is 12.5. The molecule has 1 saturated heterocycles. The quantitative estimate of drug-likeness (QED) is 0.203. The van der Waals surface area contributed by atoms with Crippen LogP contribution >= 0.6 is 11.8 Å². The molecule has 0 unspecified atom stereocenters. The number of halogens is 3. The van der Waals surface area contributed by atoms with Crippen LogP contribution in [0.2, 0.25) is 0 Å². The third-order valence-corrected chi connectivity index (χ3v) is 8.03. The van der Waals surface area contributed by atoms with Crippen LogP contribution in [0.3, 0.4) is 0 Å². The van der Waals surface area contributed by atoms with Gasteiger partial charge in [0, 0.05) is 36.1 Å². The van der Waals surface area contributed by atoms with Gasteiger partial charge in [-0.3, -0.25) is 4.57 Å². The summed E-state index contributed by atoms with van der Waals surface area (Å²) in [5.41, 5.74) is 6.65. The number of alkyl halides is 3. The fourth-order valence-corrected chi connectivity index (χ4v) is 6.10. The molecule has 0 saturated carbocycles. The van der Waals surface area contributed by atoms with Crippen LogP contribution in [0.5, 0.6) is 5.75 Å². The first-order valence-electron chi connectivity index (χ1n) is 13.1. The monoisotopic (exact) mass is 576 g/mol. The fourth-order valence-electron chi connectivity index (χ4n) is 5.13. The molecule has 0 aliphatic carbocycles. The van der Waals surface area contributed by atoms with Crippen molar-refractivity contribution in [2.75, 3.05) is 29.3 Å². The van der Waals surface area contributed by atoms with Crippen LogP contribution < -0.4 is 14.6 Å². The van der Waals surface area contributed by atoms with Gasteiger partial charge < -0.3 is 9.64 Å². The molecule has 5 aromatic rings. The van der Waals surface area contributed by atoms with Gasteiger partial charge in [0.1, 0.15) is 17.9 Å². The molecule has 0 atom stereocenters. The minimum Gasteiger partial charge on any atom is -0.406 e. The molecule has 41 heavy (non-hydrogen) atoms. The topological polar surface area (TPSA) is 58.8 Å². The number of hydrogen-bond acceptors (Lipinski definition) is 6. The average Bonchev–Trinajstić information content (AvgIpc) is 3.38. The molecule has 0 bridgehead atoms. The SMILES string of the molecule is Cc1cccc(C)c1N1CCCS/C1=N/N(C)c1ccc2c(ccc3c2ncn3-c2ccc(OC(F)(F)F)cc2)n1. The lowest BCUT2D eigenvalue weighted by Crippen LogP contribution is -2.36. The van der Waals surface area contributed by atoms with Crippen LogP contribution in [-0.2, 0) is 0 Å². The Balaban J connectivity index is 1.30. The lowest BCUT2D eigenvalue weighted by molar-refractivity contribution is -0.274. The third-order valence-electron chi connectivity index (χ3n) is 6.98. The van der Waals surface area contributed by atoms with E-state index in [9.17, 15) is 13.2 Å². The summed E-state index contributed by atoms with van der Waals surface area (Å²) in [6, 6.07) is 19.8. The lowest BCUT2D eigenvalue weighted by atomic mass is 10.1. The van der Waals surface area contributed by atoms with Crippen LogP contribution in [0, 0.1) is 13.8 Å². The Bertz CT molecular complexity index is 1750. The number of pyridine rings is 1. The molecule has 0 amide bonds. The van der Waals surface area contributed by atoms with Crippen molar-refractivity contribution in [2.24, 2.45) is 5.10 Å². The molecule has 6 rings (SSSR count). The molecule has 1 fully saturated rings. The summed E-state index contributed by atoms with van der Waals surface area (Å²) >= 11 is 1.75. The Kier molecular flexibility index (Phi) is 6.98. The summed E-state index contributed by atoms with van der Waals surface area (Å²) in [5, 5.41) is 8.58. The second-order valence-corrected chi connectivity index (χ2v) is 10.9. The minimum atomic E-state index is -4.73. The molecule has 11 heteroatoms. The van der Waals surface area contributed by atoms with Gasteiger partial charge in [-0.05, 0) is 79.9 Å². The van der Waals surface area contributed by atoms with Crippen molar-refractivity contribution >= 4 is 50.4 Å². The Hall–Kier alpha value is -4.25. The van der Waals surface area contributed by atoms with Gasteiger partial charge in [0.05, 0.1) is 16.6 Å². The second-order valence-electron chi connectivity index (χ2n) is 9.83. The number of anilines is 2. The summed E-state index contributed by atoms with van der Waals surface area (Å²) in [7, 11) is 1.90. The van der Waals surface area contributed by atoms with E-state index in [-0.39, 0.29) is 5.75 Å². The maximum Gasteiger partial charge on any atom is 0.573 e. The highest BCUT2D eigenvalue weighted by Crippen LogP contribution is 2.32. The van der Waals surface area contributed by atoms with Gasteiger partial charge in [-0.1, -0.05) is 30.0 Å². The summed E-state index contributed by atoms with van der Waals surface area (Å²) in [6.07, 6.45) is -2.00. The Labute approximate surface area is 239 Å². The Morgan fingerprint density at radius 3 is 2.46 bits per heavy atom. The van der Waals surface area contributed by atoms with E-state index >= 15 is 0 Å². The molecule has 0 spiro atoms. The van der Waals surface area contributed by atoms with Crippen LogP contribution in [-0.4, -0.2) is 45.4 Å². The molecule has 3 aromatic carbocycles. The van der Waals surface area contributed by atoms with Crippen molar-refractivity contribution in [3.63, 3.8) is 0 Å². The van der Waals surface area contributed by atoms with Gasteiger partial charge in [0.15, 0.2) is 5.17 Å². The number of hydrogen-bond donors (Lipinski definition) is 0. The normalized spacial score (nSPS) is 15.2. The minimum absolute atomic E-state index is 0.274. The number of fused-ring (bicyclic) bond motifs is 3. The van der Waals surface area contributed by atoms with Crippen molar-refractivity contribution < 1.29 is 17.9 Å². The average molecular weight is 577 g/mol. The highest BCUT2D eigenvalue weighted by Gasteiger charge is 2.31. The van der Waals surface area contributed by atoms with Gasteiger partial charge in [-0.15, -0.1) is 18.3 Å². The number of benzene rings is 3. The van der Waals surface area contributed by atoms with Crippen molar-refractivity contribution in [3.8, 4) is 11.4 Å². The van der Waals surface area contributed by atoms with Gasteiger partial charge in [0.2, 0.25) is 0 Å². The van der Waals surface area contributed by atoms with Crippen LogP contribution in [0.4, 0.5) is 24.7 Å². The van der Waals surface area contributed by atoms with E-state index in [2.05, 4.69) is 46.7 Å². The summed E-state index contributed by atoms with van der Waals surface area (Å²) in [6.45, 7) is 5.18. The van der Waals surface area contributed by atoms with E-state index in [0.29, 0.717) is 11.5 Å². The number of amidine groups is 1. The van der Waals surface area contributed by atoms with Crippen molar-refractivity contribution in [3.05, 3.63) is 84.2 Å². The molecule has 1 aliphatic heterocycles. The molecule has 2 aromatic heterocycles. The number of ether oxygens (including phenoxy) is 1. The van der Waals surface area contributed by atoms with Gasteiger partial charge in [0.25, 0.3) is 0 Å². The Morgan fingerprint density at radius 2 is 1.73 bits per heavy atom. The van der Waals surface area contributed by atoms with E-state index in [1.807, 2.05) is 35.9 Å². The fraction of sp³-hybridized carbons (Fsp3) is 0.233. The number of thioether (sulfide) groups is 1. The Morgan fingerprint density at radius 1 is 0.976 bits per heavy atom. The van der Waals surface area contributed by atoms with Gasteiger partial charge in [-0.25, -0.2) is 15.0 Å². The van der Waals surface area contributed by atoms with Gasteiger partial charge in [-0.2, -0.15) is 0 Å². The van der Waals surface area contributed by atoms with E-state index in [1.54, 1.807) is 35.2 Å². The van der Waals surface area contributed by atoms with Crippen LogP contribution in [0.25, 0.3) is 27.6 Å². The molecule has 0 radical (unpaired) electrons. The largest absolute Gasteiger partial charge is 0.573 e. The van der Waals surface area contributed by atoms with E-state index in [1.165, 1.54) is 28.9 Å². The van der Waals surface area contributed by atoms with Crippen LogP contribution in [0.1, 0.15) is 17.5 Å². The molecule has 210 valence electrons. The summed E-state index contributed by atoms with van der Waals surface area (Å²) in [5.74, 6) is 1.44. The van der Waals surface area contributed by atoms with Crippen LogP contribution in [0.15, 0.2) is 78.2 Å². The molecule has 0 N–H and O–H groups in total. The van der Waals surface area contributed by atoms with Crippen molar-refractivity contribution in [2.45, 2.75) is 26.6 Å². The van der Waals surface area contributed by atoms with E-state index in [4.69, 9.17) is 10.1 Å². The molecular formula is C30H27F3N6OS. The number of nitrogens with zero attached hydrogens (tertiary/aromatic N) is 6. The molecule has 3 heterocycles. The van der Waals surface area contributed by atoms with Crippen molar-refractivity contribution in [1.82, 2.24) is 14.5 Å². The predicted molar refractivity (Wildman–Crippen MR) is 159 cm³/mol. The number of rotatable bonds is 5. The van der Waals surface area contributed by atoms with Crippen molar-refractivity contribution in [1.29, 1.82) is 0 Å². The highest BCUT2D eigenvalue weighted by molar-refractivity contribution is 8.14. The van der Waals surface area contributed by atoms with E-state index < -0.39 is 6.36 Å². The van der Waals surface area contributed by atoms with Gasteiger partial charge >= 0.3 is 6.36 Å². The predicted octanol–water partition coefficient (Wildman–Crippen LogP) is 7.44. The van der Waals surface area contributed by atoms with E-state index in [0.717, 1.165) is 45.8 Å². The second kappa shape index (κ2) is 10.6. The number of para-hydroxylation sites is 1. The number of aryl methyl sites for hydroxylation is 2. The summed E-state index contributed by atoms with van der Waals surface area (Å²) in [4.78, 5) is 11.8. The summed E-state index contributed by atoms with van der Waals surface area (Å²) < 4.78 is 43.4. The first-order valence-corrected chi connectivity index (χ1v) is 14.1. The highest BCUT2D eigenvalue weighted by atomic mass is 32.2. The number of aromatic nitrogens is 3. The lowest BCUT2D eigenvalue weighted by Gasteiger charge is -2.32. The zero-order valence-corrected chi connectivity index (χ0v) is 23.5. The first-order chi connectivity index (χ1) is 19.7. The number of hydrazone groups is 1.